The number of benzene rings is 2. The Balaban J connectivity index is 1.46. The molecule has 0 radical (unpaired) electrons. The zero-order valence-corrected chi connectivity index (χ0v) is 17.9. The molecule has 2 aromatic heterocycles. The third kappa shape index (κ3) is 3.83. The first kappa shape index (κ1) is 19.9. The van der Waals surface area contributed by atoms with Crippen molar-refractivity contribution in [2.45, 2.75) is 25.4 Å². The van der Waals surface area contributed by atoms with Crippen LogP contribution in [0.4, 0.5) is 0 Å². The summed E-state index contributed by atoms with van der Waals surface area (Å²) in [6.45, 7) is 3.38. The highest BCUT2D eigenvalue weighted by Gasteiger charge is 2.19. The van der Waals surface area contributed by atoms with Gasteiger partial charge in [-0.05, 0) is 55.7 Å². The number of pyridine rings is 1. The number of hydrogen-bond acceptors (Lipinski definition) is 5. The average Bonchev–Trinajstić information content (AvgIpc) is 3.09. The second kappa shape index (κ2) is 8.23. The zero-order chi connectivity index (χ0) is 20.7. The minimum Gasteiger partial charge on any atom is -0.489 e. The van der Waals surface area contributed by atoms with E-state index in [1.165, 1.54) is 0 Å². The van der Waals surface area contributed by atoms with Crippen LogP contribution in [-0.2, 0) is 0 Å². The fourth-order valence-electron chi connectivity index (χ4n) is 4.10. The van der Waals surface area contributed by atoms with Gasteiger partial charge in [0.25, 0.3) is 0 Å². The molecule has 0 unspecified atom stereocenters. The summed E-state index contributed by atoms with van der Waals surface area (Å²) in [4.78, 5) is 7.16. The minimum absolute atomic E-state index is 0.151. The van der Waals surface area contributed by atoms with Gasteiger partial charge < -0.3 is 19.2 Å². The monoisotopic (exact) mass is 444 g/mol. The van der Waals surface area contributed by atoms with E-state index < -0.39 is 0 Å². The SMILES string of the molecule is OC1CCN(CCCOc2c3ccc(Cl)cc3nc3c2oc2ccc(Cl)cc23)CC1. The Morgan fingerprint density at radius 1 is 1.07 bits per heavy atom. The summed E-state index contributed by atoms with van der Waals surface area (Å²) in [6, 6.07) is 11.1. The van der Waals surface area contributed by atoms with Crippen molar-refractivity contribution in [2.24, 2.45) is 0 Å². The van der Waals surface area contributed by atoms with Crippen molar-refractivity contribution in [3.05, 3.63) is 46.4 Å². The molecule has 0 atom stereocenters. The maximum absolute atomic E-state index is 9.66. The Morgan fingerprint density at radius 3 is 2.67 bits per heavy atom. The molecule has 1 saturated heterocycles. The van der Waals surface area contributed by atoms with E-state index in [1.807, 2.05) is 30.3 Å². The topological polar surface area (TPSA) is 58.7 Å². The van der Waals surface area contributed by atoms with Gasteiger partial charge in [0.05, 0.1) is 18.2 Å². The number of aromatic nitrogens is 1. The predicted molar refractivity (Wildman–Crippen MR) is 121 cm³/mol. The van der Waals surface area contributed by atoms with Crippen LogP contribution < -0.4 is 4.74 Å². The first-order chi connectivity index (χ1) is 14.6. The van der Waals surface area contributed by atoms with Crippen molar-refractivity contribution in [1.82, 2.24) is 9.88 Å². The lowest BCUT2D eigenvalue weighted by molar-refractivity contribution is 0.0800. The normalized spacial score (nSPS) is 16.1. The van der Waals surface area contributed by atoms with Crippen molar-refractivity contribution in [3.63, 3.8) is 0 Å². The largest absolute Gasteiger partial charge is 0.489 e. The fraction of sp³-hybridized carbons (Fsp3) is 0.348. The molecule has 0 bridgehead atoms. The van der Waals surface area contributed by atoms with Gasteiger partial charge in [0.15, 0.2) is 11.3 Å². The van der Waals surface area contributed by atoms with Crippen LogP contribution in [0, 0.1) is 0 Å². The van der Waals surface area contributed by atoms with Crippen molar-refractivity contribution in [3.8, 4) is 5.75 Å². The standard InChI is InChI=1S/C23H22Cl2N2O3/c24-14-3-5-20-18(12-14)21-23(30-20)22(17-4-2-15(25)13-19(17)26-21)29-11-1-8-27-9-6-16(28)7-10-27/h2-5,12-13,16,28H,1,6-11H2. The summed E-state index contributed by atoms with van der Waals surface area (Å²) in [5.41, 5.74) is 2.84. The van der Waals surface area contributed by atoms with Gasteiger partial charge in [0.2, 0.25) is 0 Å². The summed E-state index contributed by atoms with van der Waals surface area (Å²) in [5.74, 6) is 0.688. The highest BCUT2D eigenvalue weighted by atomic mass is 35.5. The van der Waals surface area contributed by atoms with Gasteiger partial charge in [0, 0.05) is 40.5 Å². The Morgan fingerprint density at radius 2 is 1.83 bits per heavy atom. The molecule has 1 N–H and O–H groups in total. The molecule has 30 heavy (non-hydrogen) atoms. The number of ether oxygens (including phenoxy) is 1. The summed E-state index contributed by atoms with van der Waals surface area (Å²) >= 11 is 12.4. The van der Waals surface area contributed by atoms with E-state index in [-0.39, 0.29) is 6.10 Å². The highest BCUT2D eigenvalue weighted by Crippen LogP contribution is 2.39. The van der Waals surface area contributed by atoms with Crippen LogP contribution in [0.5, 0.6) is 5.75 Å². The number of piperidine rings is 1. The molecular formula is C23H22Cl2N2O3. The predicted octanol–water partition coefficient (Wildman–Crippen LogP) is 5.67. The number of aliphatic hydroxyl groups is 1. The number of fused-ring (bicyclic) bond motifs is 4. The molecule has 5 rings (SSSR count). The maximum Gasteiger partial charge on any atom is 0.196 e. The number of nitrogens with zero attached hydrogens (tertiary/aromatic N) is 2. The number of furan rings is 1. The first-order valence-electron chi connectivity index (χ1n) is 10.2. The Hall–Kier alpha value is -2.05. The Kier molecular flexibility index (Phi) is 5.46. The van der Waals surface area contributed by atoms with Crippen LogP contribution in [0.15, 0.2) is 40.8 Å². The summed E-state index contributed by atoms with van der Waals surface area (Å²) in [7, 11) is 0. The van der Waals surface area contributed by atoms with E-state index in [9.17, 15) is 5.11 Å². The van der Waals surface area contributed by atoms with Crippen LogP contribution in [0.1, 0.15) is 19.3 Å². The zero-order valence-electron chi connectivity index (χ0n) is 16.4. The molecule has 1 aliphatic rings. The Labute approximate surface area is 184 Å². The quantitative estimate of drug-likeness (QED) is 0.402. The van der Waals surface area contributed by atoms with Crippen LogP contribution in [-0.4, -0.2) is 47.3 Å². The van der Waals surface area contributed by atoms with Crippen molar-refractivity contribution in [1.29, 1.82) is 0 Å². The second-order valence-electron chi connectivity index (χ2n) is 7.80. The highest BCUT2D eigenvalue weighted by molar-refractivity contribution is 6.32. The molecular weight excluding hydrogens is 423 g/mol. The van der Waals surface area contributed by atoms with Gasteiger partial charge in [-0.2, -0.15) is 0 Å². The van der Waals surface area contributed by atoms with Gasteiger partial charge >= 0.3 is 0 Å². The number of rotatable bonds is 5. The fourth-order valence-corrected chi connectivity index (χ4v) is 4.44. The summed E-state index contributed by atoms with van der Waals surface area (Å²) in [5, 5.41) is 12.6. The van der Waals surface area contributed by atoms with E-state index in [0.717, 1.165) is 66.3 Å². The van der Waals surface area contributed by atoms with Crippen LogP contribution in [0.25, 0.3) is 33.0 Å². The molecule has 0 amide bonds. The van der Waals surface area contributed by atoms with Gasteiger partial charge in [-0.25, -0.2) is 4.98 Å². The average molecular weight is 445 g/mol. The molecule has 1 aliphatic heterocycles. The van der Waals surface area contributed by atoms with Crippen LogP contribution >= 0.6 is 23.2 Å². The minimum atomic E-state index is -0.151. The Bertz CT molecular complexity index is 1220. The number of likely N-dealkylation sites (tertiary alicyclic amines) is 1. The molecule has 156 valence electrons. The number of halogens is 2. The van der Waals surface area contributed by atoms with E-state index in [4.69, 9.17) is 37.3 Å². The lowest BCUT2D eigenvalue weighted by Crippen LogP contribution is -2.36. The third-order valence-electron chi connectivity index (χ3n) is 5.69. The van der Waals surface area contributed by atoms with E-state index in [2.05, 4.69) is 4.90 Å². The second-order valence-corrected chi connectivity index (χ2v) is 8.67. The van der Waals surface area contributed by atoms with Gasteiger partial charge in [0.1, 0.15) is 11.1 Å². The lowest BCUT2D eigenvalue weighted by atomic mass is 10.1. The third-order valence-corrected chi connectivity index (χ3v) is 6.16. The number of aliphatic hydroxyl groups excluding tert-OH is 1. The molecule has 3 heterocycles. The lowest BCUT2D eigenvalue weighted by Gasteiger charge is -2.29. The van der Waals surface area contributed by atoms with Gasteiger partial charge in [-0.15, -0.1) is 0 Å². The van der Waals surface area contributed by atoms with Crippen molar-refractivity contribution < 1.29 is 14.3 Å². The van der Waals surface area contributed by atoms with Crippen LogP contribution in [0.3, 0.4) is 0 Å². The molecule has 4 aromatic rings. The van der Waals surface area contributed by atoms with Crippen molar-refractivity contribution >= 4 is 56.2 Å². The van der Waals surface area contributed by atoms with Gasteiger partial charge in [-0.1, -0.05) is 23.2 Å². The summed E-state index contributed by atoms with van der Waals surface area (Å²) in [6.07, 6.45) is 2.43. The molecule has 0 spiro atoms. The van der Waals surface area contributed by atoms with Crippen molar-refractivity contribution in [2.75, 3.05) is 26.2 Å². The van der Waals surface area contributed by atoms with Crippen LogP contribution in [0.2, 0.25) is 10.0 Å². The molecule has 1 fully saturated rings. The smallest absolute Gasteiger partial charge is 0.196 e. The van der Waals surface area contributed by atoms with E-state index in [1.54, 1.807) is 6.07 Å². The molecule has 5 nitrogen and oxygen atoms in total. The molecule has 0 aliphatic carbocycles. The van der Waals surface area contributed by atoms with E-state index in [0.29, 0.717) is 28.0 Å². The van der Waals surface area contributed by atoms with Gasteiger partial charge in [-0.3, -0.25) is 0 Å². The number of hydrogen-bond donors (Lipinski definition) is 1. The molecule has 7 heteroatoms. The first-order valence-corrected chi connectivity index (χ1v) is 11.0. The van der Waals surface area contributed by atoms with E-state index >= 15 is 0 Å². The molecule has 2 aromatic carbocycles. The summed E-state index contributed by atoms with van der Waals surface area (Å²) < 4.78 is 12.4. The maximum atomic E-state index is 9.66. The molecule has 0 saturated carbocycles.